The van der Waals surface area contributed by atoms with Gasteiger partial charge in [0.1, 0.15) is 0 Å². The predicted octanol–water partition coefficient (Wildman–Crippen LogP) is 3.11. The van der Waals surface area contributed by atoms with Crippen molar-refractivity contribution in [3.8, 4) is 11.5 Å². The van der Waals surface area contributed by atoms with Crippen molar-refractivity contribution in [1.82, 2.24) is 10.2 Å². The number of halogens is 1. The fraction of sp³-hybridized carbons (Fsp3) is 0.333. The van der Waals surface area contributed by atoms with Gasteiger partial charge in [-0.25, -0.2) is 0 Å². The highest BCUT2D eigenvalue weighted by atomic mass is 35.5. The maximum absolute atomic E-state index is 6.05. The molecule has 2 N–H and O–H groups in total. The first-order valence-corrected chi connectivity index (χ1v) is 5.85. The van der Waals surface area contributed by atoms with Crippen LogP contribution in [0.25, 0.3) is 11.5 Å². The number of rotatable bonds is 3. The molecule has 0 saturated heterocycles. The molecule has 0 aliphatic carbocycles. The molecule has 0 fully saturated rings. The van der Waals surface area contributed by atoms with Crippen LogP contribution in [0.5, 0.6) is 0 Å². The van der Waals surface area contributed by atoms with E-state index in [1.807, 2.05) is 32.0 Å². The lowest BCUT2D eigenvalue weighted by Crippen LogP contribution is -2.08. The lowest BCUT2D eigenvalue weighted by atomic mass is 10.1. The fourth-order valence-corrected chi connectivity index (χ4v) is 1.58. The third-order valence-corrected chi connectivity index (χ3v) is 3.02. The highest BCUT2D eigenvalue weighted by Crippen LogP contribution is 2.25. The molecule has 0 bridgehead atoms. The van der Waals surface area contributed by atoms with Gasteiger partial charge in [0, 0.05) is 10.6 Å². The minimum absolute atomic E-state index is 0.211. The summed E-state index contributed by atoms with van der Waals surface area (Å²) in [5.41, 5.74) is 7.64. The Morgan fingerprint density at radius 2 is 2.18 bits per heavy atom. The molecule has 5 heteroatoms. The Morgan fingerprint density at radius 1 is 1.41 bits per heavy atom. The van der Waals surface area contributed by atoms with Gasteiger partial charge >= 0.3 is 0 Å². The average molecular weight is 252 g/mol. The smallest absolute Gasteiger partial charge is 0.247 e. The number of hydrogen-bond donors (Lipinski definition) is 1. The summed E-state index contributed by atoms with van der Waals surface area (Å²) in [6.45, 7) is 3.91. The van der Waals surface area contributed by atoms with Gasteiger partial charge in [0.15, 0.2) is 0 Å². The van der Waals surface area contributed by atoms with E-state index in [0.29, 0.717) is 16.8 Å². The first-order chi connectivity index (χ1) is 8.11. The van der Waals surface area contributed by atoms with Gasteiger partial charge in [0.05, 0.1) is 6.04 Å². The van der Waals surface area contributed by atoms with E-state index in [4.69, 9.17) is 21.8 Å². The number of benzene rings is 1. The van der Waals surface area contributed by atoms with Crippen LogP contribution in [0.3, 0.4) is 0 Å². The van der Waals surface area contributed by atoms with E-state index in [1.165, 1.54) is 0 Å². The number of nitrogens with zero attached hydrogens (tertiary/aromatic N) is 2. The Hall–Kier alpha value is -1.39. The van der Waals surface area contributed by atoms with Crippen molar-refractivity contribution in [1.29, 1.82) is 0 Å². The van der Waals surface area contributed by atoms with Crippen LogP contribution in [0.4, 0.5) is 0 Å². The van der Waals surface area contributed by atoms with E-state index < -0.39 is 0 Å². The Labute approximate surface area is 105 Å². The molecule has 1 aromatic carbocycles. The molecule has 90 valence electrons. The van der Waals surface area contributed by atoms with Gasteiger partial charge in [-0.2, -0.15) is 0 Å². The number of aromatic nitrogens is 2. The van der Waals surface area contributed by atoms with E-state index in [9.17, 15) is 0 Å². The number of aryl methyl sites for hydroxylation is 1. The molecule has 0 spiro atoms. The van der Waals surface area contributed by atoms with Gasteiger partial charge in [-0.3, -0.25) is 0 Å². The molecule has 1 unspecified atom stereocenters. The van der Waals surface area contributed by atoms with Crippen LogP contribution >= 0.6 is 11.6 Å². The van der Waals surface area contributed by atoms with Gasteiger partial charge in [-0.05, 0) is 31.0 Å². The van der Waals surface area contributed by atoms with Crippen LogP contribution in [0.1, 0.15) is 30.8 Å². The van der Waals surface area contributed by atoms with Crippen LogP contribution in [-0.2, 0) is 0 Å². The van der Waals surface area contributed by atoms with Gasteiger partial charge in [-0.15, -0.1) is 10.2 Å². The van der Waals surface area contributed by atoms with E-state index in [-0.39, 0.29) is 6.04 Å². The lowest BCUT2D eigenvalue weighted by Gasteiger charge is -2.01. The quantitative estimate of drug-likeness (QED) is 0.910. The molecule has 17 heavy (non-hydrogen) atoms. The summed E-state index contributed by atoms with van der Waals surface area (Å²) >= 11 is 6.05. The molecule has 2 aromatic rings. The average Bonchev–Trinajstić information content (AvgIpc) is 2.81. The molecule has 1 atom stereocenters. The van der Waals surface area contributed by atoms with Crippen molar-refractivity contribution in [2.75, 3.05) is 0 Å². The highest BCUT2D eigenvalue weighted by Gasteiger charge is 2.14. The standard InChI is InChI=1S/C12H14ClN3O/c1-3-10(14)12-16-15-11(17-12)8-5-4-7(2)9(13)6-8/h4-6,10H,3,14H2,1-2H3. The van der Waals surface area contributed by atoms with E-state index in [1.54, 1.807) is 0 Å². The van der Waals surface area contributed by atoms with Crippen LogP contribution in [0.2, 0.25) is 5.02 Å². The number of nitrogens with two attached hydrogens (primary N) is 1. The SMILES string of the molecule is CCC(N)c1nnc(-c2ccc(C)c(Cl)c2)o1. The summed E-state index contributed by atoms with van der Waals surface area (Å²) in [5, 5.41) is 8.58. The summed E-state index contributed by atoms with van der Waals surface area (Å²) in [6.07, 6.45) is 0.760. The van der Waals surface area contributed by atoms with Gasteiger partial charge < -0.3 is 10.2 Å². The van der Waals surface area contributed by atoms with Crippen molar-refractivity contribution >= 4 is 11.6 Å². The largest absolute Gasteiger partial charge is 0.419 e. The Kier molecular flexibility index (Phi) is 3.45. The topological polar surface area (TPSA) is 64.9 Å². The minimum Gasteiger partial charge on any atom is -0.419 e. The molecule has 0 saturated carbocycles. The summed E-state index contributed by atoms with van der Waals surface area (Å²) in [6, 6.07) is 5.42. The molecule has 0 radical (unpaired) electrons. The second-order valence-electron chi connectivity index (χ2n) is 3.92. The van der Waals surface area contributed by atoms with Crippen LogP contribution in [0, 0.1) is 6.92 Å². The van der Waals surface area contributed by atoms with Crippen molar-refractivity contribution in [3.63, 3.8) is 0 Å². The van der Waals surface area contributed by atoms with Crippen molar-refractivity contribution in [3.05, 3.63) is 34.7 Å². The van der Waals surface area contributed by atoms with Crippen molar-refractivity contribution < 1.29 is 4.42 Å². The Balaban J connectivity index is 2.33. The van der Waals surface area contributed by atoms with E-state index in [0.717, 1.165) is 17.5 Å². The lowest BCUT2D eigenvalue weighted by molar-refractivity contribution is 0.452. The molecule has 1 heterocycles. The maximum Gasteiger partial charge on any atom is 0.247 e. The zero-order valence-corrected chi connectivity index (χ0v) is 10.5. The predicted molar refractivity (Wildman–Crippen MR) is 66.7 cm³/mol. The van der Waals surface area contributed by atoms with E-state index in [2.05, 4.69) is 10.2 Å². The minimum atomic E-state index is -0.211. The highest BCUT2D eigenvalue weighted by molar-refractivity contribution is 6.31. The van der Waals surface area contributed by atoms with Gasteiger partial charge in [-0.1, -0.05) is 24.6 Å². The van der Waals surface area contributed by atoms with E-state index >= 15 is 0 Å². The maximum atomic E-state index is 6.05. The number of hydrogen-bond acceptors (Lipinski definition) is 4. The zero-order valence-electron chi connectivity index (χ0n) is 9.77. The van der Waals surface area contributed by atoms with Crippen LogP contribution < -0.4 is 5.73 Å². The first kappa shape index (κ1) is 12.1. The third kappa shape index (κ3) is 2.48. The summed E-state index contributed by atoms with van der Waals surface area (Å²) in [4.78, 5) is 0. The normalized spacial score (nSPS) is 12.7. The first-order valence-electron chi connectivity index (χ1n) is 5.47. The molecular formula is C12H14ClN3O. The zero-order chi connectivity index (χ0) is 12.4. The summed E-state index contributed by atoms with van der Waals surface area (Å²) < 4.78 is 5.51. The van der Waals surface area contributed by atoms with Gasteiger partial charge in [0.25, 0.3) is 0 Å². The third-order valence-electron chi connectivity index (χ3n) is 2.62. The second-order valence-corrected chi connectivity index (χ2v) is 4.33. The van der Waals surface area contributed by atoms with Gasteiger partial charge in [0.2, 0.25) is 11.8 Å². The molecule has 0 aliphatic rings. The molecule has 0 amide bonds. The fourth-order valence-electron chi connectivity index (χ4n) is 1.40. The summed E-state index contributed by atoms with van der Waals surface area (Å²) in [7, 11) is 0. The second kappa shape index (κ2) is 4.85. The Morgan fingerprint density at radius 3 is 2.82 bits per heavy atom. The molecule has 4 nitrogen and oxygen atoms in total. The molecule has 2 rings (SSSR count). The van der Waals surface area contributed by atoms with Crippen LogP contribution in [-0.4, -0.2) is 10.2 Å². The van der Waals surface area contributed by atoms with Crippen LogP contribution in [0.15, 0.2) is 22.6 Å². The molecule has 0 aliphatic heterocycles. The Bertz CT molecular complexity index is 524. The summed E-state index contributed by atoms with van der Waals surface area (Å²) in [5.74, 6) is 0.907. The molecule has 1 aromatic heterocycles. The monoisotopic (exact) mass is 251 g/mol. The van der Waals surface area contributed by atoms with Crippen molar-refractivity contribution in [2.24, 2.45) is 5.73 Å². The molecular weight excluding hydrogens is 238 g/mol. The van der Waals surface area contributed by atoms with Crippen molar-refractivity contribution in [2.45, 2.75) is 26.3 Å².